The highest BCUT2D eigenvalue weighted by molar-refractivity contribution is 5.75. The molecule has 1 heterocycles. The van der Waals surface area contributed by atoms with Gasteiger partial charge in [0.2, 0.25) is 5.82 Å². The molecule has 0 saturated heterocycles. The van der Waals surface area contributed by atoms with Gasteiger partial charge in [0.05, 0.1) is 4.92 Å². The number of hydrogen-bond acceptors (Lipinski definition) is 6. The monoisotopic (exact) mass is 238 g/mol. The number of nitrogens with two attached hydrogens (primary N) is 1. The molecule has 0 spiro atoms. The van der Waals surface area contributed by atoms with E-state index in [0.29, 0.717) is 25.2 Å². The van der Waals surface area contributed by atoms with Crippen molar-refractivity contribution >= 4 is 23.1 Å². The van der Waals surface area contributed by atoms with Crippen molar-refractivity contribution < 1.29 is 9.72 Å². The van der Waals surface area contributed by atoms with Crippen molar-refractivity contribution in [3.8, 4) is 0 Å². The summed E-state index contributed by atoms with van der Waals surface area (Å²) < 4.78 is 0. The van der Waals surface area contributed by atoms with E-state index in [9.17, 15) is 14.9 Å². The number of carbonyl (C=O) groups excluding carboxylic acids is 1. The summed E-state index contributed by atoms with van der Waals surface area (Å²) >= 11 is 0. The first-order valence-electron chi connectivity index (χ1n) is 5.15. The van der Waals surface area contributed by atoms with Crippen molar-refractivity contribution in [3.05, 3.63) is 22.2 Å². The second-order valence-electron chi connectivity index (χ2n) is 3.59. The van der Waals surface area contributed by atoms with E-state index >= 15 is 0 Å². The fourth-order valence-electron chi connectivity index (χ4n) is 1.27. The summed E-state index contributed by atoms with van der Waals surface area (Å²) in [5.74, 6) is 0.478. The Morgan fingerprint density at radius 2 is 2.29 bits per heavy atom. The molecular weight excluding hydrogens is 224 g/mol. The molecule has 0 saturated carbocycles. The lowest BCUT2D eigenvalue weighted by atomic mass is 10.2. The molecule has 1 aromatic heterocycles. The molecule has 0 aliphatic rings. The molecular formula is C10H14N4O3. The van der Waals surface area contributed by atoms with Gasteiger partial charge in [-0.2, -0.15) is 0 Å². The molecule has 3 N–H and O–H groups in total. The zero-order valence-electron chi connectivity index (χ0n) is 9.47. The van der Waals surface area contributed by atoms with E-state index in [-0.39, 0.29) is 17.3 Å². The van der Waals surface area contributed by atoms with Gasteiger partial charge in [-0.15, -0.1) is 0 Å². The Kier molecular flexibility index (Phi) is 4.38. The molecule has 92 valence electrons. The average Bonchev–Trinajstić information content (AvgIpc) is 2.23. The number of hydrogen-bond donors (Lipinski definition) is 2. The van der Waals surface area contributed by atoms with Crippen molar-refractivity contribution in [3.63, 3.8) is 0 Å². The van der Waals surface area contributed by atoms with Gasteiger partial charge in [0, 0.05) is 19.0 Å². The highest BCUT2D eigenvalue weighted by Gasteiger charge is 2.12. The van der Waals surface area contributed by atoms with Crippen LogP contribution in [0.5, 0.6) is 0 Å². The molecule has 7 heteroatoms. The first-order chi connectivity index (χ1) is 8.00. The number of anilines is 2. The van der Waals surface area contributed by atoms with E-state index in [1.165, 1.54) is 19.1 Å². The minimum Gasteiger partial charge on any atom is -0.378 e. The van der Waals surface area contributed by atoms with Crippen LogP contribution in [0.2, 0.25) is 0 Å². The normalized spacial score (nSPS) is 9.94. The highest BCUT2D eigenvalue weighted by atomic mass is 16.6. The van der Waals surface area contributed by atoms with Crippen LogP contribution in [0.25, 0.3) is 0 Å². The quantitative estimate of drug-likeness (QED) is 0.439. The van der Waals surface area contributed by atoms with Crippen molar-refractivity contribution in [1.29, 1.82) is 0 Å². The smallest absolute Gasteiger partial charge is 0.311 e. The molecule has 1 aromatic rings. The van der Waals surface area contributed by atoms with Crippen LogP contribution in [0.3, 0.4) is 0 Å². The van der Waals surface area contributed by atoms with Crippen molar-refractivity contribution in [2.24, 2.45) is 0 Å². The minimum absolute atomic E-state index is 0.119. The van der Waals surface area contributed by atoms with Crippen LogP contribution < -0.4 is 11.1 Å². The molecule has 0 aliphatic heterocycles. The molecule has 0 aliphatic carbocycles. The van der Waals surface area contributed by atoms with E-state index in [1.54, 1.807) is 0 Å². The summed E-state index contributed by atoms with van der Waals surface area (Å²) in [6.45, 7) is 2.10. The van der Waals surface area contributed by atoms with Crippen molar-refractivity contribution in [2.75, 3.05) is 17.6 Å². The number of rotatable bonds is 6. The van der Waals surface area contributed by atoms with Gasteiger partial charge in [0.1, 0.15) is 11.6 Å². The van der Waals surface area contributed by atoms with Gasteiger partial charge in [-0.25, -0.2) is 4.98 Å². The molecule has 0 radical (unpaired) electrons. The van der Waals surface area contributed by atoms with E-state index in [0.717, 1.165) is 0 Å². The molecule has 0 atom stereocenters. The van der Waals surface area contributed by atoms with E-state index < -0.39 is 4.92 Å². The first-order valence-corrected chi connectivity index (χ1v) is 5.15. The number of aromatic nitrogens is 1. The third-order valence-corrected chi connectivity index (χ3v) is 2.11. The van der Waals surface area contributed by atoms with Gasteiger partial charge < -0.3 is 15.8 Å². The minimum atomic E-state index is -0.581. The number of ketones is 1. The summed E-state index contributed by atoms with van der Waals surface area (Å²) in [5.41, 5.74) is 5.22. The largest absolute Gasteiger partial charge is 0.378 e. The molecule has 17 heavy (non-hydrogen) atoms. The Bertz CT molecular complexity index is 434. The van der Waals surface area contributed by atoms with Crippen LogP contribution in [0.1, 0.15) is 19.8 Å². The zero-order valence-corrected chi connectivity index (χ0v) is 9.47. The third-order valence-electron chi connectivity index (χ3n) is 2.11. The standard InChI is InChI=1S/C10H14N4O3/c1-7(15)3-2-6-12-9-5-4-8(14(16)17)10(11)13-9/h4-5H,2-3,6H2,1H3,(H3,11,12,13). The number of carbonyl (C=O) groups is 1. The number of pyridine rings is 1. The summed E-state index contributed by atoms with van der Waals surface area (Å²) in [7, 11) is 0. The number of nitrogens with one attached hydrogen (secondary N) is 1. The third kappa shape index (κ3) is 4.06. The van der Waals surface area contributed by atoms with E-state index in [2.05, 4.69) is 10.3 Å². The van der Waals surface area contributed by atoms with Crippen LogP contribution in [0.15, 0.2) is 12.1 Å². The molecule has 7 nitrogen and oxygen atoms in total. The summed E-state index contributed by atoms with van der Waals surface area (Å²) in [4.78, 5) is 24.5. The molecule has 0 unspecified atom stereocenters. The van der Waals surface area contributed by atoms with E-state index in [4.69, 9.17) is 5.73 Å². The Hall–Kier alpha value is -2.18. The summed E-state index contributed by atoms with van der Waals surface area (Å²) in [6, 6.07) is 2.79. The number of nitrogens with zero attached hydrogens (tertiary/aromatic N) is 2. The van der Waals surface area contributed by atoms with Crippen molar-refractivity contribution in [1.82, 2.24) is 4.98 Å². The average molecular weight is 238 g/mol. The molecule has 0 bridgehead atoms. The van der Waals surface area contributed by atoms with Gasteiger partial charge in [-0.1, -0.05) is 0 Å². The number of nitrogen functional groups attached to an aromatic ring is 1. The SMILES string of the molecule is CC(=O)CCCNc1ccc([N+](=O)[O-])c(N)n1. The van der Waals surface area contributed by atoms with Gasteiger partial charge in [-0.05, 0) is 19.4 Å². The summed E-state index contributed by atoms with van der Waals surface area (Å²) in [6.07, 6.45) is 1.18. The predicted molar refractivity (Wildman–Crippen MR) is 63.7 cm³/mol. The zero-order chi connectivity index (χ0) is 12.8. The van der Waals surface area contributed by atoms with Crippen LogP contribution in [-0.2, 0) is 4.79 Å². The lowest BCUT2D eigenvalue weighted by molar-refractivity contribution is -0.384. The first kappa shape index (κ1) is 12.9. The fourth-order valence-corrected chi connectivity index (χ4v) is 1.27. The maximum atomic E-state index is 10.7. The Morgan fingerprint density at radius 1 is 1.59 bits per heavy atom. The van der Waals surface area contributed by atoms with Crippen molar-refractivity contribution in [2.45, 2.75) is 19.8 Å². The second kappa shape index (κ2) is 5.78. The van der Waals surface area contributed by atoms with E-state index in [1.807, 2.05) is 0 Å². The Morgan fingerprint density at radius 3 is 2.82 bits per heavy atom. The number of Topliss-reactive ketones (excluding diaryl/α,β-unsaturated/α-hetero) is 1. The maximum absolute atomic E-state index is 10.7. The van der Waals surface area contributed by atoms with Crippen LogP contribution in [0.4, 0.5) is 17.3 Å². The predicted octanol–water partition coefficient (Wildman–Crippen LogP) is 1.35. The van der Waals surface area contributed by atoms with Gasteiger partial charge in [-0.3, -0.25) is 10.1 Å². The topological polar surface area (TPSA) is 111 Å². The Labute approximate surface area is 98.2 Å². The molecule has 0 fully saturated rings. The van der Waals surface area contributed by atoms with Gasteiger partial charge in [0.25, 0.3) is 0 Å². The Balaban J connectivity index is 2.53. The number of nitro groups is 1. The maximum Gasteiger partial charge on any atom is 0.311 e. The lowest BCUT2D eigenvalue weighted by Crippen LogP contribution is -2.07. The lowest BCUT2D eigenvalue weighted by Gasteiger charge is -2.05. The summed E-state index contributed by atoms with van der Waals surface area (Å²) in [5, 5.41) is 13.4. The van der Waals surface area contributed by atoms with Crippen LogP contribution in [-0.4, -0.2) is 22.2 Å². The fraction of sp³-hybridized carbons (Fsp3) is 0.400. The second-order valence-corrected chi connectivity index (χ2v) is 3.59. The van der Waals surface area contributed by atoms with Crippen LogP contribution in [0, 0.1) is 10.1 Å². The van der Waals surface area contributed by atoms with Gasteiger partial charge in [0.15, 0.2) is 0 Å². The molecule has 0 aromatic carbocycles. The molecule has 0 amide bonds. The molecule has 1 rings (SSSR count). The highest BCUT2D eigenvalue weighted by Crippen LogP contribution is 2.20. The van der Waals surface area contributed by atoms with Gasteiger partial charge >= 0.3 is 5.69 Å². The van der Waals surface area contributed by atoms with Crippen LogP contribution >= 0.6 is 0 Å².